The van der Waals surface area contributed by atoms with Gasteiger partial charge in [0.05, 0.1) is 5.75 Å². The van der Waals surface area contributed by atoms with Gasteiger partial charge in [-0.25, -0.2) is 12.7 Å². The van der Waals surface area contributed by atoms with Crippen molar-refractivity contribution in [3.8, 4) is 0 Å². The maximum absolute atomic E-state index is 11.7. The second kappa shape index (κ2) is 5.27. The largest absolute Gasteiger partial charge is 0.306 e. The van der Waals surface area contributed by atoms with Crippen LogP contribution in [0.2, 0.25) is 0 Å². The van der Waals surface area contributed by atoms with Crippen molar-refractivity contribution in [1.29, 1.82) is 0 Å². The van der Waals surface area contributed by atoms with Gasteiger partial charge in [-0.15, -0.1) is 0 Å². The van der Waals surface area contributed by atoms with E-state index in [2.05, 4.69) is 11.9 Å². The number of likely N-dealkylation sites (tertiary alicyclic amines) is 1. The lowest BCUT2D eigenvalue weighted by atomic mass is 10.1. The summed E-state index contributed by atoms with van der Waals surface area (Å²) in [5.41, 5.74) is 0. The van der Waals surface area contributed by atoms with Crippen LogP contribution in [0.4, 0.5) is 0 Å². The SMILES string of the molecule is CCCS(=O)(=O)N(C)CC1CCN(C)C1. The molecule has 4 nitrogen and oxygen atoms in total. The fraction of sp³-hybridized carbons (Fsp3) is 1.00. The van der Waals surface area contributed by atoms with Crippen molar-refractivity contribution in [3.63, 3.8) is 0 Å². The second-order valence-corrected chi connectivity index (χ2v) is 6.71. The van der Waals surface area contributed by atoms with Gasteiger partial charge in [0.25, 0.3) is 0 Å². The van der Waals surface area contributed by atoms with Gasteiger partial charge >= 0.3 is 0 Å². The van der Waals surface area contributed by atoms with Gasteiger partial charge in [-0.3, -0.25) is 0 Å². The highest BCUT2D eigenvalue weighted by atomic mass is 32.2. The first-order valence-electron chi connectivity index (χ1n) is 5.58. The van der Waals surface area contributed by atoms with Gasteiger partial charge in [0, 0.05) is 20.1 Å². The van der Waals surface area contributed by atoms with Crippen LogP contribution in [0.1, 0.15) is 19.8 Å². The van der Waals surface area contributed by atoms with Gasteiger partial charge in [-0.2, -0.15) is 0 Å². The summed E-state index contributed by atoms with van der Waals surface area (Å²) in [6, 6.07) is 0. The molecule has 0 N–H and O–H groups in total. The standard InChI is InChI=1S/C10H22N2O2S/c1-4-7-15(13,14)12(3)9-10-5-6-11(2)8-10/h10H,4-9H2,1-3H3. The minimum atomic E-state index is -3.00. The molecular formula is C10H22N2O2S. The summed E-state index contributed by atoms with van der Waals surface area (Å²) >= 11 is 0. The summed E-state index contributed by atoms with van der Waals surface area (Å²) in [5.74, 6) is 0.776. The number of hydrogen-bond donors (Lipinski definition) is 0. The molecule has 0 aliphatic carbocycles. The third-order valence-electron chi connectivity index (χ3n) is 2.94. The topological polar surface area (TPSA) is 40.6 Å². The van der Waals surface area contributed by atoms with E-state index in [1.807, 2.05) is 6.92 Å². The van der Waals surface area contributed by atoms with Crippen molar-refractivity contribution in [2.24, 2.45) is 5.92 Å². The molecule has 1 rings (SSSR count). The van der Waals surface area contributed by atoms with E-state index >= 15 is 0 Å². The first-order valence-corrected chi connectivity index (χ1v) is 7.19. The lowest BCUT2D eigenvalue weighted by Crippen LogP contribution is -2.34. The van der Waals surface area contributed by atoms with Gasteiger partial charge in [-0.05, 0) is 32.4 Å². The van der Waals surface area contributed by atoms with Gasteiger partial charge in [0.1, 0.15) is 0 Å². The van der Waals surface area contributed by atoms with Crippen LogP contribution in [0.25, 0.3) is 0 Å². The lowest BCUT2D eigenvalue weighted by Gasteiger charge is -2.20. The Morgan fingerprint density at radius 1 is 1.47 bits per heavy atom. The number of hydrogen-bond acceptors (Lipinski definition) is 3. The molecule has 1 atom stereocenters. The Morgan fingerprint density at radius 3 is 2.60 bits per heavy atom. The summed E-state index contributed by atoms with van der Waals surface area (Å²) in [5, 5.41) is 0. The van der Waals surface area contributed by atoms with E-state index in [1.165, 1.54) is 4.31 Å². The Hall–Kier alpha value is -0.130. The first kappa shape index (κ1) is 12.9. The molecule has 0 aromatic heterocycles. The smallest absolute Gasteiger partial charge is 0.213 e. The normalized spacial score (nSPS) is 23.9. The van der Waals surface area contributed by atoms with Gasteiger partial charge in [0.15, 0.2) is 0 Å². The molecular weight excluding hydrogens is 212 g/mol. The van der Waals surface area contributed by atoms with Crippen molar-refractivity contribution in [3.05, 3.63) is 0 Å². The van der Waals surface area contributed by atoms with Crippen LogP contribution < -0.4 is 0 Å². The highest BCUT2D eigenvalue weighted by Gasteiger charge is 2.25. The van der Waals surface area contributed by atoms with Crippen molar-refractivity contribution in [2.45, 2.75) is 19.8 Å². The van der Waals surface area contributed by atoms with Crippen LogP contribution in [-0.2, 0) is 10.0 Å². The quantitative estimate of drug-likeness (QED) is 0.700. The minimum Gasteiger partial charge on any atom is -0.306 e. The van der Waals surface area contributed by atoms with E-state index in [1.54, 1.807) is 7.05 Å². The average molecular weight is 234 g/mol. The highest BCUT2D eigenvalue weighted by Crippen LogP contribution is 2.16. The van der Waals surface area contributed by atoms with Crippen LogP contribution in [-0.4, -0.2) is 57.1 Å². The molecule has 0 radical (unpaired) electrons. The maximum Gasteiger partial charge on any atom is 0.213 e. The van der Waals surface area contributed by atoms with Gasteiger partial charge < -0.3 is 4.90 Å². The zero-order chi connectivity index (χ0) is 11.5. The molecule has 0 amide bonds. The summed E-state index contributed by atoms with van der Waals surface area (Å²) in [6.07, 6.45) is 1.81. The molecule has 15 heavy (non-hydrogen) atoms. The van der Waals surface area contributed by atoms with Crippen molar-refractivity contribution >= 4 is 10.0 Å². The van der Waals surface area contributed by atoms with Crippen LogP contribution in [0.3, 0.4) is 0 Å². The van der Waals surface area contributed by atoms with E-state index < -0.39 is 10.0 Å². The Bertz CT molecular complexity index is 290. The number of rotatable bonds is 5. The van der Waals surface area contributed by atoms with Crippen LogP contribution in [0.15, 0.2) is 0 Å². The predicted octanol–water partition coefficient (Wildman–Crippen LogP) is 0.610. The monoisotopic (exact) mass is 234 g/mol. The third-order valence-corrected chi connectivity index (χ3v) is 4.96. The molecule has 0 aromatic rings. The molecule has 90 valence electrons. The van der Waals surface area contributed by atoms with E-state index in [9.17, 15) is 8.42 Å². The molecule has 0 aromatic carbocycles. The molecule has 0 bridgehead atoms. The zero-order valence-electron chi connectivity index (χ0n) is 9.94. The van der Waals surface area contributed by atoms with Gasteiger partial charge in [-0.1, -0.05) is 6.92 Å². The lowest BCUT2D eigenvalue weighted by molar-refractivity contribution is 0.356. The molecule has 1 unspecified atom stereocenters. The average Bonchev–Trinajstić information content (AvgIpc) is 2.51. The van der Waals surface area contributed by atoms with E-state index in [0.29, 0.717) is 18.9 Å². The molecule has 0 saturated carbocycles. The van der Waals surface area contributed by atoms with Gasteiger partial charge in [0.2, 0.25) is 10.0 Å². The molecule has 1 aliphatic rings. The highest BCUT2D eigenvalue weighted by molar-refractivity contribution is 7.89. The van der Waals surface area contributed by atoms with Crippen molar-refractivity contribution in [2.75, 3.05) is 39.5 Å². The van der Waals surface area contributed by atoms with Crippen molar-refractivity contribution in [1.82, 2.24) is 9.21 Å². The molecule has 0 spiro atoms. The summed E-state index contributed by atoms with van der Waals surface area (Å²) in [6.45, 7) is 4.68. The van der Waals surface area contributed by atoms with Crippen LogP contribution in [0, 0.1) is 5.92 Å². The second-order valence-electron chi connectivity index (χ2n) is 4.51. The minimum absolute atomic E-state index is 0.270. The van der Waals surface area contributed by atoms with E-state index in [4.69, 9.17) is 0 Å². The molecule has 1 aliphatic heterocycles. The van der Waals surface area contributed by atoms with E-state index in [0.717, 1.165) is 19.5 Å². The molecule has 1 heterocycles. The van der Waals surface area contributed by atoms with Crippen LogP contribution in [0.5, 0.6) is 0 Å². The summed E-state index contributed by atoms with van der Waals surface area (Å²) in [4.78, 5) is 2.25. The Kier molecular flexibility index (Phi) is 4.55. The number of sulfonamides is 1. The van der Waals surface area contributed by atoms with E-state index in [-0.39, 0.29) is 5.75 Å². The number of nitrogens with zero attached hydrogens (tertiary/aromatic N) is 2. The zero-order valence-corrected chi connectivity index (χ0v) is 10.8. The third kappa shape index (κ3) is 3.74. The van der Waals surface area contributed by atoms with Crippen LogP contribution >= 0.6 is 0 Å². The predicted molar refractivity (Wildman–Crippen MR) is 62.3 cm³/mol. The fourth-order valence-electron chi connectivity index (χ4n) is 2.07. The molecule has 5 heteroatoms. The Morgan fingerprint density at radius 2 is 2.13 bits per heavy atom. The summed E-state index contributed by atoms with van der Waals surface area (Å²) < 4.78 is 25.0. The Balaban J connectivity index is 2.45. The molecule has 1 saturated heterocycles. The summed E-state index contributed by atoms with van der Waals surface area (Å²) in [7, 11) is 0.781. The maximum atomic E-state index is 11.7. The Labute approximate surface area is 93.3 Å². The fourth-order valence-corrected chi connectivity index (χ4v) is 3.33. The van der Waals surface area contributed by atoms with Crippen molar-refractivity contribution < 1.29 is 8.42 Å². The molecule has 1 fully saturated rings. The first-order chi connectivity index (χ1) is 6.95.